The molecule has 0 amide bonds. The van der Waals surface area contributed by atoms with E-state index in [1.807, 2.05) is 13.0 Å². The first-order valence-electron chi connectivity index (χ1n) is 5.79. The van der Waals surface area contributed by atoms with E-state index >= 15 is 0 Å². The zero-order valence-electron chi connectivity index (χ0n) is 10.4. The molecule has 4 heteroatoms. The number of nitrogens with one attached hydrogen (secondary N) is 1. The van der Waals surface area contributed by atoms with Gasteiger partial charge in [0.1, 0.15) is 11.6 Å². The van der Waals surface area contributed by atoms with Gasteiger partial charge in [-0.25, -0.2) is 4.39 Å². The van der Waals surface area contributed by atoms with Crippen molar-refractivity contribution in [1.82, 2.24) is 5.32 Å². The van der Waals surface area contributed by atoms with Gasteiger partial charge in [-0.05, 0) is 25.1 Å². The third-order valence-corrected chi connectivity index (χ3v) is 2.86. The molecule has 0 spiro atoms. The third-order valence-electron chi connectivity index (χ3n) is 2.86. The van der Waals surface area contributed by atoms with E-state index in [-0.39, 0.29) is 11.9 Å². The molecule has 1 aromatic heterocycles. The average molecular weight is 249 g/mol. The van der Waals surface area contributed by atoms with Gasteiger partial charge in [0.05, 0.1) is 19.6 Å². The summed E-state index contributed by atoms with van der Waals surface area (Å²) in [6, 6.07) is 6.57. The van der Waals surface area contributed by atoms with Crippen LogP contribution in [0.4, 0.5) is 4.39 Å². The van der Waals surface area contributed by atoms with Crippen LogP contribution in [-0.4, -0.2) is 7.11 Å². The first-order valence-corrected chi connectivity index (χ1v) is 5.79. The second kappa shape index (κ2) is 5.69. The largest absolute Gasteiger partial charge is 0.496 e. The van der Waals surface area contributed by atoms with Crippen LogP contribution < -0.4 is 10.1 Å². The molecule has 0 aliphatic carbocycles. The van der Waals surface area contributed by atoms with Crippen LogP contribution in [0.1, 0.15) is 24.1 Å². The molecule has 1 heterocycles. The molecule has 1 atom stereocenters. The molecule has 1 unspecified atom stereocenters. The van der Waals surface area contributed by atoms with Gasteiger partial charge in [0.2, 0.25) is 0 Å². The maximum absolute atomic E-state index is 13.8. The predicted octanol–water partition coefficient (Wildman–Crippen LogP) is 3.28. The van der Waals surface area contributed by atoms with E-state index in [4.69, 9.17) is 9.15 Å². The van der Waals surface area contributed by atoms with Gasteiger partial charge in [0.15, 0.2) is 0 Å². The standard InChI is InChI=1S/C14H16FNO2/c1-10(16-8-11-6-7-18-9-11)14-12(15)4-3-5-13(14)17-2/h3-7,9-10,16H,8H2,1-2H3. The molecule has 0 aliphatic heterocycles. The fraction of sp³-hybridized carbons (Fsp3) is 0.286. The summed E-state index contributed by atoms with van der Waals surface area (Å²) < 4.78 is 24.0. The van der Waals surface area contributed by atoms with Crippen molar-refractivity contribution in [1.29, 1.82) is 0 Å². The van der Waals surface area contributed by atoms with Gasteiger partial charge in [-0.3, -0.25) is 0 Å². The molecule has 96 valence electrons. The predicted molar refractivity (Wildman–Crippen MR) is 66.9 cm³/mol. The summed E-state index contributed by atoms with van der Waals surface area (Å²) in [6.45, 7) is 2.52. The highest BCUT2D eigenvalue weighted by molar-refractivity contribution is 5.36. The molecule has 3 nitrogen and oxygen atoms in total. The Balaban J connectivity index is 2.10. The van der Waals surface area contributed by atoms with Crippen molar-refractivity contribution in [2.75, 3.05) is 7.11 Å². The number of rotatable bonds is 5. The fourth-order valence-corrected chi connectivity index (χ4v) is 1.88. The molecular formula is C14H16FNO2. The molecule has 0 radical (unpaired) electrons. The molecule has 2 aromatic rings. The van der Waals surface area contributed by atoms with Gasteiger partial charge in [0, 0.05) is 23.7 Å². The molecule has 0 saturated carbocycles. The Hall–Kier alpha value is -1.81. The zero-order chi connectivity index (χ0) is 13.0. The Labute approximate surface area is 106 Å². The SMILES string of the molecule is COc1cccc(F)c1C(C)NCc1ccoc1. The number of hydrogen-bond donors (Lipinski definition) is 1. The van der Waals surface area contributed by atoms with Crippen LogP contribution in [0.2, 0.25) is 0 Å². The number of benzene rings is 1. The summed E-state index contributed by atoms with van der Waals surface area (Å²) in [5, 5.41) is 3.24. The Kier molecular flexibility index (Phi) is 3.99. The van der Waals surface area contributed by atoms with Crippen molar-refractivity contribution in [2.24, 2.45) is 0 Å². The Bertz CT molecular complexity index is 497. The van der Waals surface area contributed by atoms with Gasteiger partial charge < -0.3 is 14.5 Å². The summed E-state index contributed by atoms with van der Waals surface area (Å²) in [5.41, 5.74) is 1.57. The van der Waals surface area contributed by atoms with Crippen molar-refractivity contribution in [3.63, 3.8) is 0 Å². The second-order valence-corrected chi connectivity index (χ2v) is 4.09. The highest BCUT2D eigenvalue weighted by Gasteiger charge is 2.15. The van der Waals surface area contributed by atoms with Crippen LogP contribution in [0.3, 0.4) is 0 Å². The lowest BCUT2D eigenvalue weighted by Gasteiger charge is -2.17. The molecule has 1 aromatic carbocycles. The minimum atomic E-state index is -0.262. The molecule has 0 saturated heterocycles. The third kappa shape index (κ3) is 2.71. The van der Waals surface area contributed by atoms with E-state index in [0.717, 1.165) is 5.56 Å². The molecule has 1 N–H and O–H groups in total. The molecule has 0 aliphatic rings. The van der Waals surface area contributed by atoms with E-state index in [2.05, 4.69) is 5.32 Å². The molecule has 18 heavy (non-hydrogen) atoms. The number of methoxy groups -OCH3 is 1. The first kappa shape index (κ1) is 12.6. The summed E-state index contributed by atoms with van der Waals surface area (Å²) in [7, 11) is 1.54. The monoisotopic (exact) mass is 249 g/mol. The van der Waals surface area contributed by atoms with E-state index in [0.29, 0.717) is 17.9 Å². The van der Waals surface area contributed by atoms with E-state index in [1.165, 1.54) is 6.07 Å². The molecular weight excluding hydrogens is 233 g/mol. The maximum atomic E-state index is 13.8. The maximum Gasteiger partial charge on any atom is 0.131 e. The van der Waals surface area contributed by atoms with Gasteiger partial charge in [0.25, 0.3) is 0 Å². The van der Waals surface area contributed by atoms with Crippen molar-refractivity contribution < 1.29 is 13.5 Å². The lowest BCUT2D eigenvalue weighted by atomic mass is 10.1. The Morgan fingerprint density at radius 2 is 2.22 bits per heavy atom. The van der Waals surface area contributed by atoms with Crippen molar-refractivity contribution in [3.05, 3.63) is 53.7 Å². The van der Waals surface area contributed by atoms with Gasteiger partial charge in [-0.15, -0.1) is 0 Å². The average Bonchev–Trinajstić information content (AvgIpc) is 2.88. The van der Waals surface area contributed by atoms with E-state index in [1.54, 1.807) is 31.8 Å². The van der Waals surface area contributed by atoms with Crippen molar-refractivity contribution in [3.8, 4) is 5.75 Å². The van der Waals surface area contributed by atoms with Crippen LogP contribution in [0.15, 0.2) is 41.2 Å². The quantitative estimate of drug-likeness (QED) is 0.883. The summed E-state index contributed by atoms with van der Waals surface area (Å²) >= 11 is 0. The van der Waals surface area contributed by atoms with E-state index < -0.39 is 0 Å². The smallest absolute Gasteiger partial charge is 0.131 e. The van der Waals surface area contributed by atoms with E-state index in [9.17, 15) is 4.39 Å². The Morgan fingerprint density at radius 3 is 2.89 bits per heavy atom. The molecule has 2 rings (SSSR count). The number of halogens is 1. The lowest BCUT2D eigenvalue weighted by molar-refractivity contribution is 0.393. The summed E-state index contributed by atoms with van der Waals surface area (Å²) in [6.07, 6.45) is 3.28. The Morgan fingerprint density at radius 1 is 1.39 bits per heavy atom. The minimum absolute atomic E-state index is 0.143. The van der Waals surface area contributed by atoms with Crippen molar-refractivity contribution >= 4 is 0 Å². The van der Waals surface area contributed by atoms with Crippen LogP contribution in [0, 0.1) is 5.82 Å². The highest BCUT2D eigenvalue weighted by Crippen LogP contribution is 2.27. The van der Waals surface area contributed by atoms with Crippen LogP contribution in [0.5, 0.6) is 5.75 Å². The van der Waals surface area contributed by atoms with Gasteiger partial charge in [-0.1, -0.05) is 6.07 Å². The highest BCUT2D eigenvalue weighted by atomic mass is 19.1. The fourth-order valence-electron chi connectivity index (χ4n) is 1.88. The van der Waals surface area contributed by atoms with Crippen molar-refractivity contribution in [2.45, 2.75) is 19.5 Å². The summed E-state index contributed by atoms with van der Waals surface area (Å²) in [5.74, 6) is 0.295. The molecule has 0 bridgehead atoms. The van der Waals surface area contributed by atoms with Crippen LogP contribution in [-0.2, 0) is 6.54 Å². The minimum Gasteiger partial charge on any atom is -0.496 e. The zero-order valence-corrected chi connectivity index (χ0v) is 10.4. The van der Waals surface area contributed by atoms with Crippen LogP contribution in [0.25, 0.3) is 0 Å². The number of furan rings is 1. The lowest BCUT2D eigenvalue weighted by Crippen LogP contribution is -2.19. The second-order valence-electron chi connectivity index (χ2n) is 4.09. The summed E-state index contributed by atoms with van der Waals surface area (Å²) in [4.78, 5) is 0. The normalized spacial score (nSPS) is 12.4. The van der Waals surface area contributed by atoms with Crippen LogP contribution >= 0.6 is 0 Å². The number of ether oxygens (including phenoxy) is 1. The topological polar surface area (TPSA) is 34.4 Å². The van der Waals surface area contributed by atoms with Gasteiger partial charge >= 0.3 is 0 Å². The number of hydrogen-bond acceptors (Lipinski definition) is 3. The molecule has 0 fully saturated rings. The first-order chi connectivity index (χ1) is 8.72. The van der Waals surface area contributed by atoms with Gasteiger partial charge in [-0.2, -0.15) is 0 Å².